The Kier molecular flexibility index (Phi) is 4.65. The van der Waals surface area contributed by atoms with Crippen LogP contribution in [0.1, 0.15) is 29.6 Å². The van der Waals surface area contributed by atoms with E-state index in [4.69, 9.17) is 9.47 Å². The summed E-state index contributed by atoms with van der Waals surface area (Å²) in [5.74, 6) is 1.09. The lowest BCUT2D eigenvalue weighted by atomic mass is 10.2. The second-order valence-electron chi connectivity index (χ2n) is 6.68. The number of anilines is 1. The van der Waals surface area contributed by atoms with E-state index < -0.39 is 0 Å². The Morgan fingerprint density at radius 1 is 1.20 bits per heavy atom. The highest BCUT2D eigenvalue weighted by atomic mass is 16.5. The summed E-state index contributed by atoms with van der Waals surface area (Å²) in [7, 11) is 0. The molecule has 5 nitrogen and oxygen atoms in total. The molecule has 2 fully saturated rings. The van der Waals surface area contributed by atoms with Crippen molar-refractivity contribution in [3.63, 3.8) is 0 Å². The van der Waals surface area contributed by atoms with E-state index in [0.717, 1.165) is 18.7 Å². The van der Waals surface area contributed by atoms with E-state index in [1.807, 2.05) is 35.2 Å². The molecular formula is C20H22N2O3. The van der Waals surface area contributed by atoms with Gasteiger partial charge in [0.25, 0.3) is 5.91 Å². The summed E-state index contributed by atoms with van der Waals surface area (Å²) >= 11 is 0. The molecular weight excluding hydrogens is 316 g/mol. The summed E-state index contributed by atoms with van der Waals surface area (Å²) in [6, 6.07) is 13.3. The van der Waals surface area contributed by atoms with Crippen molar-refractivity contribution in [2.24, 2.45) is 5.92 Å². The van der Waals surface area contributed by atoms with Crippen molar-refractivity contribution in [1.82, 2.24) is 4.98 Å². The van der Waals surface area contributed by atoms with Gasteiger partial charge in [0.2, 0.25) is 5.88 Å². The second-order valence-corrected chi connectivity index (χ2v) is 6.68. The first-order valence-electron chi connectivity index (χ1n) is 8.87. The van der Waals surface area contributed by atoms with Gasteiger partial charge in [0.15, 0.2) is 0 Å². The number of rotatable bonds is 6. The third-order valence-corrected chi connectivity index (χ3v) is 4.61. The monoisotopic (exact) mass is 338 g/mol. The zero-order valence-electron chi connectivity index (χ0n) is 14.1. The molecule has 0 unspecified atom stereocenters. The Balaban J connectivity index is 1.54. The fourth-order valence-corrected chi connectivity index (χ4v) is 3.01. The van der Waals surface area contributed by atoms with Gasteiger partial charge in [-0.05, 0) is 37.0 Å². The molecule has 1 aliphatic heterocycles. The first kappa shape index (κ1) is 16.1. The number of pyridine rings is 1. The predicted molar refractivity (Wildman–Crippen MR) is 94.9 cm³/mol. The van der Waals surface area contributed by atoms with Crippen LogP contribution in [-0.2, 0) is 4.74 Å². The normalized spacial score (nSPS) is 19.6. The molecule has 25 heavy (non-hydrogen) atoms. The van der Waals surface area contributed by atoms with E-state index in [2.05, 4.69) is 4.98 Å². The molecule has 2 aliphatic rings. The van der Waals surface area contributed by atoms with Crippen molar-refractivity contribution in [2.75, 3.05) is 24.7 Å². The maximum Gasteiger partial charge on any atom is 0.258 e. The number of carbonyl (C=O) groups is 1. The van der Waals surface area contributed by atoms with Crippen molar-refractivity contribution in [3.05, 3.63) is 54.2 Å². The molecule has 1 aromatic carbocycles. The molecule has 2 heterocycles. The van der Waals surface area contributed by atoms with Crippen molar-refractivity contribution < 1.29 is 14.3 Å². The third-order valence-electron chi connectivity index (χ3n) is 4.61. The van der Waals surface area contributed by atoms with Crippen LogP contribution in [0.3, 0.4) is 0 Å². The van der Waals surface area contributed by atoms with E-state index in [1.165, 1.54) is 12.8 Å². The Bertz CT molecular complexity index is 725. The Morgan fingerprint density at radius 2 is 2.04 bits per heavy atom. The number of benzene rings is 1. The van der Waals surface area contributed by atoms with Gasteiger partial charge < -0.3 is 14.4 Å². The highest BCUT2D eigenvalue weighted by Gasteiger charge is 2.28. The minimum Gasteiger partial charge on any atom is -0.472 e. The fourth-order valence-electron chi connectivity index (χ4n) is 3.01. The number of hydrogen-bond donors (Lipinski definition) is 0. The molecule has 0 spiro atoms. The van der Waals surface area contributed by atoms with Crippen LogP contribution in [0.15, 0.2) is 48.7 Å². The van der Waals surface area contributed by atoms with Gasteiger partial charge in [-0.1, -0.05) is 18.2 Å². The first-order valence-corrected chi connectivity index (χ1v) is 8.87. The molecule has 1 amide bonds. The number of amides is 1. The lowest BCUT2D eigenvalue weighted by Crippen LogP contribution is -2.33. The fraction of sp³-hybridized carbons (Fsp3) is 0.400. The molecule has 2 aromatic rings. The molecule has 4 rings (SSSR count). The zero-order valence-corrected chi connectivity index (χ0v) is 14.1. The number of aromatic nitrogens is 1. The van der Waals surface area contributed by atoms with Gasteiger partial charge >= 0.3 is 0 Å². The Labute approximate surface area is 147 Å². The van der Waals surface area contributed by atoms with Crippen molar-refractivity contribution in [1.29, 1.82) is 0 Å². The summed E-state index contributed by atoms with van der Waals surface area (Å²) in [4.78, 5) is 19.2. The van der Waals surface area contributed by atoms with Gasteiger partial charge in [-0.25, -0.2) is 4.98 Å². The molecule has 1 atom stereocenters. The molecule has 0 N–H and O–H groups in total. The van der Waals surface area contributed by atoms with Crippen LogP contribution < -0.4 is 9.64 Å². The summed E-state index contributed by atoms with van der Waals surface area (Å²) in [5, 5.41) is 0. The van der Waals surface area contributed by atoms with Gasteiger partial charge in [-0.2, -0.15) is 0 Å². The van der Waals surface area contributed by atoms with E-state index in [9.17, 15) is 4.79 Å². The molecule has 5 heteroatoms. The Morgan fingerprint density at radius 3 is 2.76 bits per heavy atom. The minimum absolute atomic E-state index is 0.00646. The minimum atomic E-state index is -0.00646. The van der Waals surface area contributed by atoms with E-state index in [0.29, 0.717) is 30.6 Å². The maximum absolute atomic E-state index is 13.1. The van der Waals surface area contributed by atoms with E-state index >= 15 is 0 Å². The largest absolute Gasteiger partial charge is 0.472 e. The number of carbonyl (C=O) groups excluding carboxylic acids is 1. The summed E-state index contributed by atoms with van der Waals surface area (Å²) in [6.07, 6.45) is 4.91. The molecule has 1 saturated heterocycles. The average Bonchev–Trinajstić information content (AvgIpc) is 3.34. The quantitative estimate of drug-likeness (QED) is 0.811. The van der Waals surface area contributed by atoms with Gasteiger partial charge in [0.05, 0.1) is 13.2 Å². The van der Waals surface area contributed by atoms with Crippen molar-refractivity contribution in [3.8, 4) is 5.88 Å². The van der Waals surface area contributed by atoms with Crippen molar-refractivity contribution in [2.45, 2.75) is 25.4 Å². The maximum atomic E-state index is 13.1. The van der Waals surface area contributed by atoms with Crippen LogP contribution in [0, 0.1) is 5.92 Å². The van der Waals surface area contributed by atoms with Crippen LogP contribution in [0.25, 0.3) is 0 Å². The highest BCUT2D eigenvalue weighted by molar-refractivity contribution is 6.06. The van der Waals surface area contributed by atoms with E-state index in [1.54, 1.807) is 18.3 Å². The molecule has 1 saturated carbocycles. The van der Waals surface area contributed by atoms with Gasteiger partial charge in [-0.15, -0.1) is 0 Å². The SMILES string of the molecule is O=C(c1ccnc(O[C@@H]2CCOC2)c1)N(CC1CC1)c1ccccc1. The van der Waals surface area contributed by atoms with Gasteiger partial charge in [0, 0.05) is 36.5 Å². The van der Waals surface area contributed by atoms with Gasteiger partial charge in [-0.3, -0.25) is 4.79 Å². The summed E-state index contributed by atoms with van der Waals surface area (Å²) < 4.78 is 11.2. The van der Waals surface area contributed by atoms with Crippen LogP contribution in [0.2, 0.25) is 0 Å². The number of para-hydroxylation sites is 1. The topological polar surface area (TPSA) is 51.7 Å². The Hall–Kier alpha value is -2.40. The number of hydrogen-bond acceptors (Lipinski definition) is 4. The molecule has 1 aliphatic carbocycles. The summed E-state index contributed by atoms with van der Waals surface area (Å²) in [5.41, 5.74) is 1.54. The molecule has 130 valence electrons. The second kappa shape index (κ2) is 7.23. The summed E-state index contributed by atoms with van der Waals surface area (Å²) in [6.45, 7) is 2.06. The van der Waals surface area contributed by atoms with Crippen molar-refractivity contribution >= 4 is 11.6 Å². The highest BCUT2D eigenvalue weighted by Crippen LogP contribution is 2.32. The zero-order chi connectivity index (χ0) is 17.1. The molecule has 1 aromatic heterocycles. The van der Waals surface area contributed by atoms with Crippen LogP contribution >= 0.6 is 0 Å². The average molecular weight is 338 g/mol. The smallest absolute Gasteiger partial charge is 0.258 e. The first-order chi connectivity index (χ1) is 12.3. The predicted octanol–water partition coefficient (Wildman–Crippen LogP) is 3.31. The van der Waals surface area contributed by atoms with Crippen LogP contribution in [0.5, 0.6) is 5.88 Å². The number of ether oxygens (including phenoxy) is 2. The lowest BCUT2D eigenvalue weighted by molar-refractivity contribution is 0.0984. The molecule has 0 radical (unpaired) electrons. The van der Waals surface area contributed by atoms with Crippen LogP contribution in [-0.4, -0.2) is 36.8 Å². The molecule has 0 bridgehead atoms. The van der Waals surface area contributed by atoms with Gasteiger partial charge in [0.1, 0.15) is 6.10 Å². The number of nitrogens with zero attached hydrogens (tertiary/aromatic N) is 2. The lowest BCUT2D eigenvalue weighted by Gasteiger charge is -2.23. The third kappa shape index (κ3) is 3.99. The van der Waals surface area contributed by atoms with Crippen LogP contribution in [0.4, 0.5) is 5.69 Å². The van der Waals surface area contributed by atoms with E-state index in [-0.39, 0.29) is 12.0 Å². The standard InChI is InChI=1S/C20H22N2O3/c23-20(22(13-15-6-7-15)17-4-2-1-3-5-17)16-8-10-21-19(12-16)25-18-9-11-24-14-18/h1-5,8,10,12,15,18H,6-7,9,11,13-14H2/t18-/m1/s1.